The van der Waals surface area contributed by atoms with Crippen molar-refractivity contribution in [3.63, 3.8) is 0 Å². The molecule has 2 aliphatic rings. The van der Waals surface area contributed by atoms with Crippen LogP contribution in [0.2, 0.25) is 0 Å². The molecule has 2 heterocycles. The maximum atomic E-state index is 9.55. The molecule has 0 bridgehead atoms. The van der Waals surface area contributed by atoms with Crippen LogP contribution >= 0.6 is 15.9 Å². The summed E-state index contributed by atoms with van der Waals surface area (Å²) in [4.78, 5) is 2.38. The summed E-state index contributed by atoms with van der Waals surface area (Å²) in [5, 5.41) is 9.55. The molecule has 19 heavy (non-hydrogen) atoms. The molecule has 0 spiro atoms. The van der Waals surface area contributed by atoms with Crippen molar-refractivity contribution in [1.82, 2.24) is 4.90 Å². The number of halogens is 1. The summed E-state index contributed by atoms with van der Waals surface area (Å²) in [5.74, 6) is 1.64. The van der Waals surface area contributed by atoms with Gasteiger partial charge < -0.3 is 9.84 Å². The molecule has 0 radical (unpaired) electrons. The lowest BCUT2D eigenvalue weighted by Crippen LogP contribution is -2.34. The van der Waals surface area contributed by atoms with Gasteiger partial charge in [-0.1, -0.05) is 22.9 Å². The topological polar surface area (TPSA) is 32.7 Å². The van der Waals surface area contributed by atoms with Crippen LogP contribution in [0.4, 0.5) is 0 Å². The summed E-state index contributed by atoms with van der Waals surface area (Å²) in [6.07, 6.45) is 2.17. The van der Waals surface area contributed by atoms with E-state index < -0.39 is 0 Å². The average molecular weight is 326 g/mol. The maximum absolute atomic E-state index is 9.55. The van der Waals surface area contributed by atoms with E-state index in [0.717, 1.165) is 36.3 Å². The third-order valence-electron chi connectivity index (χ3n) is 4.38. The van der Waals surface area contributed by atoms with Gasteiger partial charge in [0.25, 0.3) is 0 Å². The lowest BCUT2D eigenvalue weighted by atomic mass is 10.0. The molecule has 2 atom stereocenters. The number of ether oxygens (including phenoxy) is 1. The Balaban J connectivity index is 1.84. The molecule has 1 aromatic rings. The Morgan fingerprint density at radius 1 is 1.47 bits per heavy atom. The molecule has 0 aliphatic carbocycles. The number of hydrogen-bond donors (Lipinski definition) is 1. The van der Waals surface area contributed by atoms with Crippen LogP contribution in [-0.4, -0.2) is 35.8 Å². The fourth-order valence-corrected chi connectivity index (χ4v) is 3.81. The summed E-state index contributed by atoms with van der Waals surface area (Å²) in [7, 11) is 0. The number of aliphatic hydroxyl groups excluding tert-OH is 1. The third kappa shape index (κ3) is 2.54. The SMILES string of the molecule is CC1CCN(Cc2cc(Br)cc3c2OCC3)C1CO. The zero-order chi connectivity index (χ0) is 13.4. The van der Waals surface area contributed by atoms with Gasteiger partial charge in [-0.15, -0.1) is 0 Å². The second-order valence-corrected chi connectivity index (χ2v) is 6.55. The van der Waals surface area contributed by atoms with Crippen molar-refractivity contribution in [3.05, 3.63) is 27.7 Å². The van der Waals surface area contributed by atoms with Crippen molar-refractivity contribution >= 4 is 15.9 Å². The lowest BCUT2D eigenvalue weighted by molar-refractivity contribution is 0.133. The molecule has 1 saturated heterocycles. The summed E-state index contributed by atoms with van der Waals surface area (Å²) < 4.78 is 6.91. The smallest absolute Gasteiger partial charge is 0.127 e. The van der Waals surface area contributed by atoms with E-state index in [4.69, 9.17) is 4.74 Å². The van der Waals surface area contributed by atoms with Crippen LogP contribution < -0.4 is 4.74 Å². The van der Waals surface area contributed by atoms with Crippen LogP contribution in [0, 0.1) is 5.92 Å². The second-order valence-electron chi connectivity index (χ2n) is 5.64. The quantitative estimate of drug-likeness (QED) is 0.927. The summed E-state index contributed by atoms with van der Waals surface area (Å²) in [5.41, 5.74) is 2.55. The zero-order valence-electron chi connectivity index (χ0n) is 11.2. The highest BCUT2D eigenvalue weighted by Crippen LogP contribution is 2.35. The van der Waals surface area contributed by atoms with E-state index in [0.29, 0.717) is 5.92 Å². The van der Waals surface area contributed by atoms with E-state index in [-0.39, 0.29) is 12.6 Å². The van der Waals surface area contributed by atoms with Crippen LogP contribution in [0.15, 0.2) is 16.6 Å². The van der Waals surface area contributed by atoms with Gasteiger partial charge in [-0.2, -0.15) is 0 Å². The second kappa shape index (κ2) is 5.43. The molecule has 4 heteroatoms. The standard InChI is InChI=1S/C15H20BrNO2/c1-10-2-4-17(14(10)9-18)8-12-7-13(16)6-11-3-5-19-15(11)12/h6-7,10,14,18H,2-5,8-9H2,1H3. The Labute approximate surface area is 122 Å². The molecule has 2 unspecified atom stereocenters. The van der Waals surface area contributed by atoms with Gasteiger partial charge >= 0.3 is 0 Å². The molecule has 3 rings (SSSR count). The Morgan fingerprint density at radius 2 is 2.32 bits per heavy atom. The molecular formula is C15H20BrNO2. The van der Waals surface area contributed by atoms with Crippen molar-refractivity contribution in [2.24, 2.45) is 5.92 Å². The number of fused-ring (bicyclic) bond motifs is 1. The van der Waals surface area contributed by atoms with Gasteiger partial charge in [0, 0.05) is 29.0 Å². The number of benzene rings is 1. The van der Waals surface area contributed by atoms with Crippen molar-refractivity contribution in [1.29, 1.82) is 0 Å². The van der Waals surface area contributed by atoms with Crippen LogP contribution in [0.5, 0.6) is 5.75 Å². The normalized spacial score (nSPS) is 26.5. The predicted octanol–water partition coefficient (Wildman–Crippen LogP) is 2.59. The minimum atomic E-state index is 0.248. The van der Waals surface area contributed by atoms with E-state index in [9.17, 15) is 5.11 Å². The first kappa shape index (κ1) is 13.4. The summed E-state index contributed by atoms with van der Waals surface area (Å²) in [6.45, 7) is 5.20. The first-order valence-corrected chi connectivity index (χ1v) is 7.77. The Bertz CT molecular complexity index is 477. The Hall–Kier alpha value is -0.580. The molecule has 0 saturated carbocycles. The van der Waals surface area contributed by atoms with Gasteiger partial charge in [0.1, 0.15) is 5.75 Å². The Morgan fingerprint density at radius 3 is 3.11 bits per heavy atom. The molecule has 1 fully saturated rings. The summed E-state index contributed by atoms with van der Waals surface area (Å²) >= 11 is 3.59. The van der Waals surface area contributed by atoms with Crippen LogP contribution in [0.25, 0.3) is 0 Å². The van der Waals surface area contributed by atoms with Gasteiger partial charge in [0.15, 0.2) is 0 Å². The third-order valence-corrected chi connectivity index (χ3v) is 4.84. The van der Waals surface area contributed by atoms with E-state index in [1.54, 1.807) is 0 Å². The molecule has 1 aromatic carbocycles. The van der Waals surface area contributed by atoms with Crippen LogP contribution in [-0.2, 0) is 13.0 Å². The van der Waals surface area contributed by atoms with Gasteiger partial charge in [0.2, 0.25) is 0 Å². The first-order valence-electron chi connectivity index (χ1n) is 6.98. The van der Waals surface area contributed by atoms with Crippen molar-refractivity contribution in [2.75, 3.05) is 19.8 Å². The number of rotatable bonds is 3. The average Bonchev–Trinajstić information content (AvgIpc) is 2.96. The fourth-order valence-electron chi connectivity index (χ4n) is 3.26. The van der Waals surface area contributed by atoms with E-state index in [1.807, 2.05) is 0 Å². The number of hydrogen-bond acceptors (Lipinski definition) is 3. The van der Waals surface area contributed by atoms with E-state index in [2.05, 4.69) is 39.9 Å². The van der Waals surface area contributed by atoms with E-state index in [1.165, 1.54) is 17.5 Å². The number of aliphatic hydroxyl groups is 1. The lowest BCUT2D eigenvalue weighted by Gasteiger charge is -2.25. The predicted molar refractivity (Wildman–Crippen MR) is 78.4 cm³/mol. The molecule has 2 aliphatic heterocycles. The highest BCUT2D eigenvalue weighted by Gasteiger charge is 2.31. The van der Waals surface area contributed by atoms with Crippen molar-refractivity contribution < 1.29 is 9.84 Å². The largest absolute Gasteiger partial charge is 0.493 e. The highest BCUT2D eigenvalue weighted by atomic mass is 79.9. The van der Waals surface area contributed by atoms with Crippen LogP contribution in [0.3, 0.4) is 0 Å². The fraction of sp³-hybridized carbons (Fsp3) is 0.600. The Kier molecular flexibility index (Phi) is 3.83. The number of nitrogens with zero attached hydrogens (tertiary/aromatic N) is 1. The van der Waals surface area contributed by atoms with Crippen molar-refractivity contribution in [3.8, 4) is 5.75 Å². The van der Waals surface area contributed by atoms with Crippen LogP contribution in [0.1, 0.15) is 24.5 Å². The zero-order valence-corrected chi connectivity index (χ0v) is 12.8. The minimum absolute atomic E-state index is 0.248. The van der Waals surface area contributed by atoms with Gasteiger partial charge in [-0.3, -0.25) is 4.90 Å². The number of likely N-dealkylation sites (tertiary alicyclic amines) is 1. The molecule has 0 aromatic heterocycles. The van der Waals surface area contributed by atoms with Gasteiger partial charge in [-0.25, -0.2) is 0 Å². The summed E-state index contributed by atoms with van der Waals surface area (Å²) in [6, 6.07) is 4.60. The molecule has 3 nitrogen and oxygen atoms in total. The molecule has 1 N–H and O–H groups in total. The van der Waals surface area contributed by atoms with Gasteiger partial charge in [0.05, 0.1) is 13.2 Å². The van der Waals surface area contributed by atoms with Crippen molar-refractivity contribution in [2.45, 2.75) is 32.4 Å². The molecular weight excluding hydrogens is 306 g/mol. The monoisotopic (exact) mass is 325 g/mol. The molecule has 0 amide bonds. The highest BCUT2D eigenvalue weighted by molar-refractivity contribution is 9.10. The maximum Gasteiger partial charge on any atom is 0.127 e. The molecule has 104 valence electrons. The van der Waals surface area contributed by atoms with Gasteiger partial charge in [-0.05, 0) is 36.6 Å². The first-order chi connectivity index (χ1) is 9.19. The minimum Gasteiger partial charge on any atom is -0.493 e. The van der Waals surface area contributed by atoms with E-state index >= 15 is 0 Å².